The van der Waals surface area contributed by atoms with Crippen molar-refractivity contribution in [1.82, 2.24) is 14.3 Å². The highest BCUT2D eigenvalue weighted by atomic mass is 32.2. The minimum absolute atomic E-state index is 0.153. The summed E-state index contributed by atoms with van der Waals surface area (Å²) in [6.45, 7) is 1.01. The molecule has 0 saturated carbocycles. The molecule has 0 unspecified atom stereocenters. The SMILES string of the molecule is COc1cc(NS(=O)(=O)N2CCC2)nc(SCc2ccccc2C#N)n1. The largest absolute Gasteiger partial charge is 0.481 e. The summed E-state index contributed by atoms with van der Waals surface area (Å²) >= 11 is 1.30. The maximum Gasteiger partial charge on any atom is 0.302 e. The van der Waals surface area contributed by atoms with Crippen LogP contribution >= 0.6 is 11.8 Å². The molecular weight excluding hydrogens is 374 g/mol. The van der Waals surface area contributed by atoms with E-state index < -0.39 is 10.2 Å². The van der Waals surface area contributed by atoms with E-state index in [0.29, 0.717) is 29.6 Å². The van der Waals surface area contributed by atoms with Crippen LogP contribution in [0, 0.1) is 11.3 Å². The first-order valence-electron chi connectivity index (χ1n) is 7.83. The molecule has 136 valence electrons. The highest BCUT2D eigenvalue weighted by Gasteiger charge is 2.28. The number of rotatable bonds is 7. The van der Waals surface area contributed by atoms with Crippen molar-refractivity contribution >= 4 is 27.8 Å². The van der Waals surface area contributed by atoms with Crippen molar-refractivity contribution in [2.45, 2.75) is 17.3 Å². The van der Waals surface area contributed by atoms with Crippen LogP contribution in [0.1, 0.15) is 17.5 Å². The molecule has 0 spiro atoms. The van der Waals surface area contributed by atoms with E-state index in [1.807, 2.05) is 12.1 Å². The van der Waals surface area contributed by atoms with E-state index in [0.717, 1.165) is 12.0 Å². The Balaban J connectivity index is 1.78. The fourth-order valence-corrected chi connectivity index (χ4v) is 4.34. The molecule has 1 aromatic carbocycles. The maximum absolute atomic E-state index is 12.2. The van der Waals surface area contributed by atoms with Crippen molar-refractivity contribution in [2.24, 2.45) is 0 Å². The van der Waals surface area contributed by atoms with Crippen molar-refractivity contribution in [3.8, 4) is 11.9 Å². The molecule has 0 atom stereocenters. The van der Waals surface area contributed by atoms with Gasteiger partial charge in [0.25, 0.3) is 0 Å². The molecule has 0 aliphatic carbocycles. The zero-order valence-electron chi connectivity index (χ0n) is 14.0. The Labute approximate surface area is 156 Å². The summed E-state index contributed by atoms with van der Waals surface area (Å²) in [5.74, 6) is 0.895. The Morgan fingerprint density at radius 2 is 2.12 bits per heavy atom. The van der Waals surface area contributed by atoms with Crippen LogP contribution in [0.2, 0.25) is 0 Å². The lowest BCUT2D eigenvalue weighted by molar-refractivity contribution is 0.311. The van der Waals surface area contributed by atoms with Gasteiger partial charge in [0.05, 0.1) is 18.7 Å². The number of anilines is 1. The summed E-state index contributed by atoms with van der Waals surface area (Å²) in [6, 6.07) is 10.8. The van der Waals surface area contributed by atoms with Gasteiger partial charge < -0.3 is 4.74 Å². The Bertz CT molecular complexity index is 939. The summed E-state index contributed by atoms with van der Waals surface area (Å²) in [7, 11) is -2.16. The van der Waals surface area contributed by atoms with Crippen LogP contribution in [-0.2, 0) is 16.0 Å². The number of thioether (sulfide) groups is 1. The Morgan fingerprint density at radius 3 is 2.77 bits per heavy atom. The Morgan fingerprint density at radius 1 is 1.35 bits per heavy atom. The van der Waals surface area contributed by atoms with Gasteiger partial charge in [-0.15, -0.1) is 0 Å². The van der Waals surface area contributed by atoms with Crippen LogP contribution in [0.5, 0.6) is 5.88 Å². The smallest absolute Gasteiger partial charge is 0.302 e. The van der Waals surface area contributed by atoms with Gasteiger partial charge in [-0.25, -0.2) is 4.98 Å². The van der Waals surface area contributed by atoms with Crippen LogP contribution in [0.4, 0.5) is 5.82 Å². The normalized spacial score (nSPS) is 14.3. The molecule has 26 heavy (non-hydrogen) atoms. The molecule has 1 N–H and O–H groups in total. The van der Waals surface area contributed by atoms with E-state index in [-0.39, 0.29) is 11.7 Å². The number of nitriles is 1. The standard InChI is InChI=1S/C16H17N5O3S2/c1-24-15-9-14(20-26(22,23)21-7-4-8-21)18-16(19-15)25-11-13-6-3-2-5-12(13)10-17/h2-3,5-6,9H,4,7-8,11H2,1H3,(H,18,19,20). The second-order valence-corrected chi connectivity index (χ2v) is 8.11. The monoisotopic (exact) mass is 391 g/mol. The van der Waals surface area contributed by atoms with Crippen LogP contribution < -0.4 is 9.46 Å². The zero-order valence-corrected chi connectivity index (χ0v) is 15.7. The second kappa shape index (κ2) is 7.90. The highest BCUT2D eigenvalue weighted by Crippen LogP contribution is 2.26. The number of methoxy groups -OCH3 is 1. The number of hydrogen-bond donors (Lipinski definition) is 1. The Hall–Kier alpha value is -2.35. The molecule has 1 aromatic heterocycles. The van der Waals surface area contributed by atoms with E-state index in [9.17, 15) is 8.42 Å². The molecular formula is C16H17N5O3S2. The third-order valence-electron chi connectivity index (χ3n) is 3.77. The summed E-state index contributed by atoms with van der Waals surface area (Å²) < 4.78 is 33.4. The fraction of sp³-hybridized carbons (Fsp3) is 0.312. The lowest BCUT2D eigenvalue weighted by Gasteiger charge is -2.29. The van der Waals surface area contributed by atoms with Crippen molar-refractivity contribution in [3.63, 3.8) is 0 Å². The number of ether oxygens (including phenoxy) is 1. The average Bonchev–Trinajstić information content (AvgIpc) is 2.57. The van der Waals surface area contributed by atoms with Crippen LogP contribution in [0.3, 0.4) is 0 Å². The number of aromatic nitrogens is 2. The summed E-state index contributed by atoms with van der Waals surface area (Å²) in [4.78, 5) is 8.48. The zero-order chi connectivity index (χ0) is 18.6. The molecule has 0 bridgehead atoms. The molecule has 2 aromatic rings. The lowest BCUT2D eigenvalue weighted by Crippen LogP contribution is -2.45. The number of hydrogen-bond acceptors (Lipinski definition) is 7. The first-order valence-corrected chi connectivity index (χ1v) is 10.3. The van der Waals surface area contributed by atoms with E-state index >= 15 is 0 Å². The molecule has 0 radical (unpaired) electrons. The second-order valence-electron chi connectivity index (χ2n) is 5.50. The van der Waals surface area contributed by atoms with Crippen molar-refractivity contribution in [2.75, 3.05) is 24.9 Å². The first-order chi connectivity index (χ1) is 12.5. The van der Waals surface area contributed by atoms with Crippen molar-refractivity contribution in [3.05, 3.63) is 41.5 Å². The minimum atomic E-state index is -3.61. The molecule has 2 heterocycles. The molecule has 1 saturated heterocycles. The van der Waals surface area contributed by atoms with E-state index in [1.165, 1.54) is 29.2 Å². The maximum atomic E-state index is 12.2. The van der Waals surface area contributed by atoms with E-state index in [1.54, 1.807) is 12.1 Å². The molecule has 8 nitrogen and oxygen atoms in total. The molecule has 1 aliphatic heterocycles. The number of benzene rings is 1. The van der Waals surface area contributed by atoms with E-state index in [2.05, 4.69) is 20.8 Å². The topological polar surface area (TPSA) is 108 Å². The lowest BCUT2D eigenvalue weighted by atomic mass is 10.1. The molecule has 1 fully saturated rings. The van der Waals surface area contributed by atoms with Crippen molar-refractivity contribution in [1.29, 1.82) is 5.26 Å². The van der Waals surface area contributed by atoms with Gasteiger partial charge in [-0.2, -0.15) is 23.0 Å². The molecule has 10 heteroatoms. The molecule has 1 aliphatic rings. The van der Waals surface area contributed by atoms with Gasteiger partial charge in [-0.05, 0) is 18.1 Å². The van der Waals surface area contributed by atoms with Gasteiger partial charge >= 0.3 is 10.2 Å². The van der Waals surface area contributed by atoms with Gasteiger partial charge in [-0.1, -0.05) is 30.0 Å². The highest BCUT2D eigenvalue weighted by molar-refractivity contribution is 7.98. The predicted molar refractivity (Wildman–Crippen MR) is 98.0 cm³/mol. The fourth-order valence-electron chi connectivity index (χ4n) is 2.25. The van der Waals surface area contributed by atoms with Crippen LogP contribution in [0.25, 0.3) is 0 Å². The summed E-state index contributed by atoms with van der Waals surface area (Å²) in [5, 5.41) is 9.52. The van der Waals surface area contributed by atoms with E-state index in [4.69, 9.17) is 10.00 Å². The van der Waals surface area contributed by atoms with Gasteiger partial charge in [0.2, 0.25) is 5.88 Å². The van der Waals surface area contributed by atoms with Gasteiger partial charge in [-0.3, -0.25) is 4.72 Å². The van der Waals surface area contributed by atoms with Gasteiger partial charge in [0.15, 0.2) is 5.16 Å². The quantitative estimate of drug-likeness (QED) is 0.568. The third kappa shape index (κ3) is 4.24. The number of nitrogens with zero attached hydrogens (tertiary/aromatic N) is 4. The summed E-state index contributed by atoms with van der Waals surface area (Å²) in [6.07, 6.45) is 0.855. The predicted octanol–water partition coefficient (Wildman–Crippen LogP) is 2.01. The van der Waals surface area contributed by atoms with Gasteiger partial charge in [0, 0.05) is 24.9 Å². The summed E-state index contributed by atoms with van der Waals surface area (Å²) in [5.41, 5.74) is 1.44. The average molecular weight is 391 g/mol. The minimum Gasteiger partial charge on any atom is -0.481 e. The number of nitrogens with one attached hydrogen (secondary N) is 1. The Kier molecular flexibility index (Phi) is 5.61. The van der Waals surface area contributed by atoms with Crippen LogP contribution in [-0.4, -0.2) is 42.9 Å². The first kappa shape index (κ1) is 18.4. The van der Waals surface area contributed by atoms with Crippen molar-refractivity contribution < 1.29 is 13.2 Å². The van der Waals surface area contributed by atoms with Crippen LogP contribution in [0.15, 0.2) is 35.5 Å². The van der Waals surface area contributed by atoms with Gasteiger partial charge in [0.1, 0.15) is 5.82 Å². The molecule has 0 amide bonds. The third-order valence-corrected chi connectivity index (χ3v) is 6.18. The molecule has 3 rings (SSSR count).